The maximum absolute atomic E-state index is 13.5. The van der Waals surface area contributed by atoms with E-state index >= 15 is 0 Å². The number of nitrogens with one attached hydrogen (secondary N) is 1. The monoisotopic (exact) mass is 280 g/mol. The first-order valence-corrected chi connectivity index (χ1v) is 6.53. The predicted octanol–water partition coefficient (Wildman–Crippen LogP) is 3.21. The number of thiazole rings is 1. The molecule has 100 valence electrons. The Morgan fingerprint density at radius 1 is 1.42 bits per heavy atom. The molecule has 1 heterocycles. The number of hydrogen-bond acceptors (Lipinski definition) is 4. The van der Waals surface area contributed by atoms with Gasteiger partial charge in [0.2, 0.25) is 0 Å². The molecule has 4 nitrogen and oxygen atoms in total. The summed E-state index contributed by atoms with van der Waals surface area (Å²) < 4.78 is 13.5. The maximum atomic E-state index is 13.5. The van der Waals surface area contributed by atoms with Crippen LogP contribution in [0.5, 0.6) is 0 Å². The summed E-state index contributed by atoms with van der Waals surface area (Å²) in [5.74, 6) is -1.26. The number of nitrogens with zero attached hydrogens (tertiary/aromatic N) is 1. The number of aromatic carboxylic acids is 1. The average Bonchev–Trinajstić information content (AvgIpc) is 2.81. The molecule has 0 fully saturated rings. The van der Waals surface area contributed by atoms with E-state index in [0.29, 0.717) is 22.7 Å². The number of aryl methyl sites for hydroxylation is 2. The highest BCUT2D eigenvalue weighted by molar-refractivity contribution is 7.14. The number of carboxylic acid groups (broad SMARTS) is 1. The quantitative estimate of drug-likeness (QED) is 0.902. The zero-order valence-corrected chi connectivity index (χ0v) is 11.3. The van der Waals surface area contributed by atoms with Crippen molar-refractivity contribution in [1.29, 1.82) is 0 Å². The van der Waals surface area contributed by atoms with E-state index in [9.17, 15) is 9.18 Å². The molecular weight excluding hydrogens is 267 g/mol. The Hall–Kier alpha value is -1.95. The molecule has 0 amide bonds. The van der Waals surface area contributed by atoms with E-state index < -0.39 is 5.97 Å². The molecule has 19 heavy (non-hydrogen) atoms. The number of carboxylic acids is 1. The van der Waals surface area contributed by atoms with Gasteiger partial charge in [-0.15, -0.1) is 11.3 Å². The van der Waals surface area contributed by atoms with Crippen molar-refractivity contribution in [2.24, 2.45) is 0 Å². The Balaban J connectivity index is 2.15. The third kappa shape index (κ3) is 2.90. The maximum Gasteiger partial charge on any atom is 0.357 e. The highest BCUT2D eigenvalue weighted by Gasteiger charge is 2.13. The van der Waals surface area contributed by atoms with Gasteiger partial charge in [-0.3, -0.25) is 0 Å². The van der Waals surface area contributed by atoms with Crippen LogP contribution in [0.4, 0.5) is 9.39 Å². The molecule has 2 N–H and O–H groups in total. The summed E-state index contributed by atoms with van der Waals surface area (Å²) in [7, 11) is 0. The van der Waals surface area contributed by atoms with Gasteiger partial charge in [0.25, 0.3) is 0 Å². The summed E-state index contributed by atoms with van der Waals surface area (Å²) in [5, 5.41) is 12.5. The van der Waals surface area contributed by atoms with Crippen molar-refractivity contribution in [3.8, 4) is 0 Å². The van der Waals surface area contributed by atoms with Gasteiger partial charge in [0.1, 0.15) is 10.8 Å². The standard InChI is InChI=1S/C13H13FN2O2S/c1-7-3-9(4-8(2)10(7)14)5-15-12-11(13(17)18)16-6-19-12/h3-4,6,15H,5H2,1-2H3,(H,17,18). The van der Waals surface area contributed by atoms with Crippen LogP contribution >= 0.6 is 11.3 Å². The van der Waals surface area contributed by atoms with E-state index in [1.165, 1.54) is 16.8 Å². The van der Waals surface area contributed by atoms with Gasteiger partial charge in [0.05, 0.1) is 5.51 Å². The molecule has 2 aromatic rings. The number of benzene rings is 1. The van der Waals surface area contributed by atoms with Crippen LogP contribution in [0.3, 0.4) is 0 Å². The second-order valence-corrected chi connectivity index (χ2v) is 5.09. The largest absolute Gasteiger partial charge is 0.476 e. The normalized spacial score (nSPS) is 10.5. The molecule has 0 aliphatic heterocycles. The Morgan fingerprint density at radius 2 is 2.05 bits per heavy atom. The van der Waals surface area contributed by atoms with Gasteiger partial charge in [-0.2, -0.15) is 0 Å². The Bertz CT molecular complexity index is 602. The summed E-state index contributed by atoms with van der Waals surface area (Å²) in [4.78, 5) is 14.7. The van der Waals surface area contributed by atoms with Gasteiger partial charge in [-0.1, -0.05) is 12.1 Å². The number of carbonyl (C=O) groups is 1. The summed E-state index contributed by atoms with van der Waals surface area (Å²) in [5.41, 5.74) is 3.56. The molecule has 1 aromatic heterocycles. The average molecular weight is 280 g/mol. The molecule has 0 saturated heterocycles. The molecule has 0 spiro atoms. The molecule has 0 bridgehead atoms. The smallest absolute Gasteiger partial charge is 0.357 e. The van der Waals surface area contributed by atoms with Crippen molar-refractivity contribution in [2.75, 3.05) is 5.32 Å². The molecule has 2 rings (SSSR count). The predicted molar refractivity (Wildman–Crippen MR) is 72.3 cm³/mol. The molecule has 1 aromatic carbocycles. The van der Waals surface area contributed by atoms with E-state index in [1.54, 1.807) is 26.0 Å². The Labute approximate surface area is 113 Å². The van der Waals surface area contributed by atoms with E-state index in [1.807, 2.05) is 0 Å². The van der Waals surface area contributed by atoms with Gasteiger partial charge in [0, 0.05) is 6.54 Å². The SMILES string of the molecule is Cc1cc(CNc2scnc2C(=O)O)cc(C)c1F. The fraction of sp³-hybridized carbons (Fsp3) is 0.231. The second-order valence-electron chi connectivity index (χ2n) is 4.23. The number of halogens is 1. The van der Waals surface area contributed by atoms with E-state index in [2.05, 4.69) is 10.3 Å². The summed E-state index contributed by atoms with van der Waals surface area (Å²) in [6, 6.07) is 3.49. The van der Waals surface area contributed by atoms with Crippen molar-refractivity contribution >= 4 is 22.3 Å². The summed E-state index contributed by atoms with van der Waals surface area (Å²) in [6.07, 6.45) is 0. The number of anilines is 1. The van der Waals surface area contributed by atoms with Gasteiger partial charge in [-0.05, 0) is 30.5 Å². The van der Waals surface area contributed by atoms with Gasteiger partial charge in [-0.25, -0.2) is 14.2 Å². The molecule has 6 heteroatoms. The highest BCUT2D eigenvalue weighted by atomic mass is 32.1. The lowest BCUT2D eigenvalue weighted by Gasteiger charge is -2.08. The molecule has 0 atom stereocenters. The molecule has 0 aliphatic carbocycles. The van der Waals surface area contributed by atoms with Crippen molar-refractivity contribution in [3.05, 3.63) is 45.8 Å². The minimum Gasteiger partial charge on any atom is -0.476 e. The lowest BCUT2D eigenvalue weighted by molar-refractivity contribution is 0.0692. The number of rotatable bonds is 4. The Morgan fingerprint density at radius 3 is 2.63 bits per heavy atom. The fourth-order valence-electron chi connectivity index (χ4n) is 1.84. The second kappa shape index (κ2) is 5.36. The molecule has 0 radical (unpaired) electrons. The zero-order chi connectivity index (χ0) is 14.0. The van der Waals surface area contributed by atoms with Crippen LogP contribution in [0.2, 0.25) is 0 Å². The first kappa shape index (κ1) is 13.5. The molecule has 0 unspecified atom stereocenters. The van der Waals surface area contributed by atoms with Gasteiger partial charge < -0.3 is 10.4 Å². The first-order chi connectivity index (χ1) is 8.99. The van der Waals surface area contributed by atoms with Crippen LogP contribution in [-0.2, 0) is 6.54 Å². The van der Waals surface area contributed by atoms with E-state index in [4.69, 9.17) is 5.11 Å². The van der Waals surface area contributed by atoms with Crippen LogP contribution < -0.4 is 5.32 Å². The van der Waals surface area contributed by atoms with E-state index in [0.717, 1.165) is 5.56 Å². The lowest BCUT2D eigenvalue weighted by Crippen LogP contribution is -2.05. The van der Waals surface area contributed by atoms with Gasteiger partial charge >= 0.3 is 5.97 Å². The number of aromatic nitrogens is 1. The molecule has 0 saturated carbocycles. The Kier molecular flexibility index (Phi) is 3.80. The van der Waals surface area contributed by atoms with Crippen LogP contribution in [0, 0.1) is 19.7 Å². The van der Waals surface area contributed by atoms with Crippen molar-refractivity contribution < 1.29 is 14.3 Å². The van der Waals surface area contributed by atoms with Crippen LogP contribution in [0.1, 0.15) is 27.2 Å². The molecular formula is C13H13FN2O2S. The summed E-state index contributed by atoms with van der Waals surface area (Å²) in [6.45, 7) is 3.85. The minimum absolute atomic E-state index is 0.0144. The van der Waals surface area contributed by atoms with Crippen molar-refractivity contribution in [3.63, 3.8) is 0 Å². The number of hydrogen-bond donors (Lipinski definition) is 2. The highest BCUT2D eigenvalue weighted by Crippen LogP contribution is 2.22. The van der Waals surface area contributed by atoms with Crippen LogP contribution in [0.25, 0.3) is 0 Å². The van der Waals surface area contributed by atoms with Crippen molar-refractivity contribution in [2.45, 2.75) is 20.4 Å². The molecule has 0 aliphatic rings. The van der Waals surface area contributed by atoms with Gasteiger partial charge in [0.15, 0.2) is 5.69 Å². The summed E-state index contributed by atoms with van der Waals surface area (Å²) >= 11 is 1.23. The minimum atomic E-state index is -1.06. The first-order valence-electron chi connectivity index (χ1n) is 5.65. The fourth-order valence-corrected chi connectivity index (χ4v) is 2.51. The van der Waals surface area contributed by atoms with Crippen molar-refractivity contribution in [1.82, 2.24) is 4.98 Å². The lowest BCUT2D eigenvalue weighted by atomic mass is 10.1. The third-order valence-corrected chi connectivity index (χ3v) is 3.50. The van der Waals surface area contributed by atoms with Crippen LogP contribution in [0.15, 0.2) is 17.6 Å². The topological polar surface area (TPSA) is 62.2 Å². The van der Waals surface area contributed by atoms with Crippen LogP contribution in [-0.4, -0.2) is 16.1 Å². The van der Waals surface area contributed by atoms with E-state index in [-0.39, 0.29) is 11.5 Å². The zero-order valence-electron chi connectivity index (χ0n) is 10.5. The third-order valence-electron chi connectivity index (χ3n) is 2.72.